The number of fused-ring (bicyclic) bond motifs is 1. The van der Waals surface area contributed by atoms with E-state index >= 15 is 0 Å². The SMILES string of the molecule is COC(=O)c1ccc(COc2ccc(C=C(CCC(=O)O)c3nc4ccccc4s3)cc2)cc1. The number of hydrogen-bond donors (Lipinski definition) is 1. The van der Waals surface area contributed by atoms with Gasteiger partial charge in [-0.2, -0.15) is 0 Å². The molecule has 0 atom stereocenters. The highest BCUT2D eigenvalue weighted by Crippen LogP contribution is 2.31. The number of carboxylic acids is 1. The number of aliphatic carboxylic acids is 1. The van der Waals surface area contributed by atoms with Crippen molar-refractivity contribution in [3.05, 3.63) is 94.5 Å². The molecule has 0 fully saturated rings. The quantitative estimate of drug-likeness (QED) is 0.297. The van der Waals surface area contributed by atoms with Crippen molar-refractivity contribution in [2.75, 3.05) is 7.11 Å². The van der Waals surface area contributed by atoms with Crippen LogP contribution in [0.2, 0.25) is 0 Å². The average molecular weight is 474 g/mol. The predicted molar refractivity (Wildman–Crippen MR) is 133 cm³/mol. The van der Waals surface area contributed by atoms with Crippen LogP contribution in [-0.4, -0.2) is 29.1 Å². The van der Waals surface area contributed by atoms with E-state index in [9.17, 15) is 14.7 Å². The molecule has 0 unspecified atom stereocenters. The van der Waals surface area contributed by atoms with Crippen molar-refractivity contribution in [3.8, 4) is 5.75 Å². The van der Waals surface area contributed by atoms with Gasteiger partial charge in [-0.05, 0) is 65.6 Å². The summed E-state index contributed by atoms with van der Waals surface area (Å²) in [6.45, 7) is 0.367. The fourth-order valence-electron chi connectivity index (χ4n) is 3.38. The van der Waals surface area contributed by atoms with Gasteiger partial charge in [0.05, 0.1) is 22.9 Å². The molecular weight excluding hydrogens is 450 g/mol. The van der Waals surface area contributed by atoms with Gasteiger partial charge in [-0.15, -0.1) is 11.3 Å². The number of hydrogen-bond acceptors (Lipinski definition) is 6. The standard InChI is InChI=1S/C27H23NO5S/c1-32-27(31)20-10-6-19(7-11-20)17-33-22-13-8-18(9-14-22)16-21(12-15-25(29)30)26-28-23-4-2-3-5-24(23)34-26/h2-11,13-14,16H,12,15,17H2,1H3,(H,29,30). The summed E-state index contributed by atoms with van der Waals surface area (Å²) in [5.41, 5.74) is 4.17. The predicted octanol–water partition coefficient (Wildman–Crippen LogP) is 6.07. The topological polar surface area (TPSA) is 85.7 Å². The number of rotatable bonds is 9. The summed E-state index contributed by atoms with van der Waals surface area (Å²) < 4.78 is 11.6. The number of ether oxygens (including phenoxy) is 2. The highest BCUT2D eigenvalue weighted by molar-refractivity contribution is 7.19. The number of para-hydroxylation sites is 1. The number of nitrogens with zero attached hydrogens (tertiary/aromatic N) is 1. The summed E-state index contributed by atoms with van der Waals surface area (Å²) in [7, 11) is 1.35. The van der Waals surface area contributed by atoms with E-state index in [2.05, 4.69) is 0 Å². The lowest BCUT2D eigenvalue weighted by Crippen LogP contribution is -2.02. The zero-order chi connectivity index (χ0) is 23.9. The largest absolute Gasteiger partial charge is 0.489 e. The zero-order valence-corrected chi connectivity index (χ0v) is 19.4. The van der Waals surface area contributed by atoms with Crippen LogP contribution < -0.4 is 4.74 Å². The number of thiazole rings is 1. The maximum Gasteiger partial charge on any atom is 0.337 e. The Kier molecular flexibility index (Phi) is 7.34. The number of allylic oxidation sites excluding steroid dienone is 1. The summed E-state index contributed by atoms with van der Waals surface area (Å²) >= 11 is 1.56. The lowest BCUT2D eigenvalue weighted by Gasteiger charge is -2.08. The average Bonchev–Trinajstić information content (AvgIpc) is 3.30. The molecule has 0 aliphatic rings. The molecule has 0 aliphatic heterocycles. The van der Waals surface area contributed by atoms with Crippen LogP contribution in [-0.2, 0) is 16.1 Å². The molecule has 1 N–H and O–H groups in total. The number of esters is 1. The Bertz CT molecular complexity index is 1290. The van der Waals surface area contributed by atoms with E-state index in [0.29, 0.717) is 24.3 Å². The summed E-state index contributed by atoms with van der Waals surface area (Å²) in [5, 5.41) is 10.0. The van der Waals surface area contributed by atoms with Gasteiger partial charge in [-0.25, -0.2) is 9.78 Å². The number of carbonyl (C=O) groups is 2. The van der Waals surface area contributed by atoms with Crippen LogP contribution >= 0.6 is 11.3 Å². The number of methoxy groups -OCH3 is 1. The van der Waals surface area contributed by atoms with Crippen molar-refractivity contribution in [1.82, 2.24) is 4.98 Å². The van der Waals surface area contributed by atoms with Crippen molar-refractivity contribution in [2.24, 2.45) is 0 Å². The molecule has 34 heavy (non-hydrogen) atoms. The molecule has 6 nitrogen and oxygen atoms in total. The van der Waals surface area contributed by atoms with E-state index in [0.717, 1.165) is 31.9 Å². The molecule has 0 aliphatic carbocycles. The van der Waals surface area contributed by atoms with E-state index in [1.54, 1.807) is 23.5 Å². The third-order valence-electron chi connectivity index (χ3n) is 5.18. The third kappa shape index (κ3) is 5.88. The van der Waals surface area contributed by atoms with Gasteiger partial charge in [0.1, 0.15) is 17.4 Å². The lowest BCUT2D eigenvalue weighted by atomic mass is 10.1. The van der Waals surface area contributed by atoms with Crippen molar-refractivity contribution >= 4 is 45.1 Å². The monoisotopic (exact) mass is 473 g/mol. The molecule has 7 heteroatoms. The minimum absolute atomic E-state index is 0.0394. The number of benzene rings is 3. The zero-order valence-electron chi connectivity index (χ0n) is 18.6. The summed E-state index contributed by atoms with van der Waals surface area (Å²) in [4.78, 5) is 27.4. The van der Waals surface area contributed by atoms with E-state index in [-0.39, 0.29) is 12.4 Å². The molecule has 4 aromatic rings. The Balaban J connectivity index is 1.47. The highest BCUT2D eigenvalue weighted by atomic mass is 32.1. The molecule has 0 saturated carbocycles. The van der Waals surface area contributed by atoms with E-state index in [1.165, 1.54) is 7.11 Å². The van der Waals surface area contributed by atoms with Gasteiger partial charge in [0.25, 0.3) is 0 Å². The Labute approximate surface area is 201 Å². The van der Waals surface area contributed by atoms with Crippen LogP contribution in [0.25, 0.3) is 21.9 Å². The lowest BCUT2D eigenvalue weighted by molar-refractivity contribution is -0.136. The molecule has 0 radical (unpaired) electrons. The van der Waals surface area contributed by atoms with Gasteiger partial charge in [0, 0.05) is 6.42 Å². The highest BCUT2D eigenvalue weighted by Gasteiger charge is 2.11. The molecule has 1 heterocycles. The van der Waals surface area contributed by atoms with Gasteiger partial charge in [0.2, 0.25) is 0 Å². The Morgan fingerprint density at radius 2 is 1.71 bits per heavy atom. The van der Waals surface area contributed by atoms with Gasteiger partial charge >= 0.3 is 11.9 Å². The fraction of sp³-hybridized carbons (Fsp3) is 0.148. The molecule has 172 valence electrons. The normalized spacial score (nSPS) is 11.4. The van der Waals surface area contributed by atoms with Crippen molar-refractivity contribution in [3.63, 3.8) is 0 Å². The summed E-state index contributed by atoms with van der Waals surface area (Å²) in [6, 6.07) is 22.6. The van der Waals surface area contributed by atoms with Crippen LogP contribution in [0.5, 0.6) is 5.75 Å². The molecule has 1 aromatic heterocycles. The van der Waals surface area contributed by atoms with Crippen molar-refractivity contribution in [1.29, 1.82) is 0 Å². The number of carbonyl (C=O) groups excluding carboxylic acids is 1. The second-order valence-corrected chi connectivity index (χ2v) is 8.63. The van der Waals surface area contributed by atoms with Gasteiger partial charge in [-0.3, -0.25) is 4.79 Å². The molecule has 0 bridgehead atoms. The number of carboxylic acid groups (broad SMARTS) is 1. The minimum Gasteiger partial charge on any atom is -0.489 e. The van der Waals surface area contributed by atoms with Crippen LogP contribution in [0.1, 0.15) is 39.3 Å². The minimum atomic E-state index is -0.838. The van der Waals surface area contributed by atoms with Crippen molar-refractivity contribution < 1.29 is 24.2 Å². The summed E-state index contributed by atoms with van der Waals surface area (Å²) in [6.07, 6.45) is 2.42. The van der Waals surface area contributed by atoms with E-state index < -0.39 is 5.97 Å². The molecule has 0 saturated heterocycles. The second-order valence-electron chi connectivity index (χ2n) is 7.60. The molecule has 4 rings (SSSR count). The van der Waals surface area contributed by atoms with Crippen LogP contribution in [0.15, 0.2) is 72.8 Å². The van der Waals surface area contributed by atoms with Crippen LogP contribution in [0.4, 0.5) is 0 Å². The maximum atomic E-state index is 11.5. The molecule has 0 spiro atoms. The smallest absolute Gasteiger partial charge is 0.337 e. The second kappa shape index (κ2) is 10.8. The first-order valence-electron chi connectivity index (χ1n) is 10.7. The Hall–Kier alpha value is -3.97. The fourth-order valence-corrected chi connectivity index (χ4v) is 4.38. The van der Waals surface area contributed by atoms with Gasteiger partial charge < -0.3 is 14.6 Å². The molecule has 0 amide bonds. The van der Waals surface area contributed by atoms with Crippen LogP contribution in [0, 0.1) is 0 Å². The van der Waals surface area contributed by atoms with Gasteiger partial charge in [0.15, 0.2) is 0 Å². The summed E-state index contributed by atoms with van der Waals surface area (Å²) in [5.74, 6) is -0.499. The first kappa shape index (κ1) is 23.2. The first-order chi connectivity index (χ1) is 16.5. The Morgan fingerprint density at radius 1 is 0.971 bits per heavy atom. The third-order valence-corrected chi connectivity index (χ3v) is 6.29. The first-order valence-corrected chi connectivity index (χ1v) is 11.5. The van der Waals surface area contributed by atoms with E-state index in [1.807, 2.05) is 66.7 Å². The van der Waals surface area contributed by atoms with Gasteiger partial charge in [-0.1, -0.05) is 36.4 Å². The van der Waals surface area contributed by atoms with Crippen molar-refractivity contribution in [2.45, 2.75) is 19.4 Å². The maximum absolute atomic E-state index is 11.5. The molecule has 3 aromatic carbocycles. The Morgan fingerprint density at radius 3 is 2.38 bits per heavy atom. The van der Waals surface area contributed by atoms with E-state index in [4.69, 9.17) is 14.5 Å². The van der Waals surface area contributed by atoms with Crippen LogP contribution in [0.3, 0.4) is 0 Å². The molecular formula is C27H23NO5S. The number of aromatic nitrogens is 1.